The fourth-order valence-electron chi connectivity index (χ4n) is 1.78. The minimum atomic E-state index is -0.908. The van der Waals surface area contributed by atoms with E-state index in [9.17, 15) is 4.79 Å². The lowest BCUT2D eigenvalue weighted by Gasteiger charge is -2.07. The molecule has 0 saturated carbocycles. The lowest BCUT2D eigenvalue weighted by atomic mass is 10.0. The van der Waals surface area contributed by atoms with E-state index < -0.39 is 5.97 Å². The van der Waals surface area contributed by atoms with E-state index in [0.29, 0.717) is 5.56 Å². The molecule has 0 fully saturated rings. The van der Waals surface area contributed by atoms with Crippen LogP contribution in [0.5, 0.6) is 0 Å². The first-order valence-electron chi connectivity index (χ1n) is 5.77. The van der Waals surface area contributed by atoms with Crippen molar-refractivity contribution < 1.29 is 9.90 Å². The van der Waals surface area contributed by atoms with Crippen LogP contribution in [0.25, 0.3) is 11.1 Å². The smallest absolute Gasteiger partial charge is 0.335 e. The minimum Gasteiger partial charge on any atom is -0.478 e. The van der Waals surface area contributed by atoms with Gasteiger partial charge >= 0.3 is 5.97 Å². The van der Waals surface area contributed by atoms with Crippen molar-refractivity contribution in [1.29, 1.82) is 0 Å². The Morgan fingerprint density at radius 2 is 1.44 bits per heavy atom. The molecule has 0 aliphatic rings. The molecule has 0 aromatic heterocycles. The van der Waals surface area contributed by atoms with Crippen LogP contribution < -0.4 is 5.73 Å². The van der Waals surface area contributed by atoms with E-state index in [2.05, 4.69) is 0 Å². The van der Waals surface area contributed by atoms with E-state index in [0.717, 1.165) is 16.7 Å². The lowest BCUT2D eigenvalue weighted by Crippen LogP contribution is -2.04. The molecule has 2 rings (SSSR count). The molecule has 0 saturated heterocycles. The van der Waals surface area contributed by atoms with Crippen molar-refractivity contribution in [3.8, 4) is 11.1 Å². The Kier molecular flexibility index (Phi) is 3.44. The van der Waals surface area contributed by atoms with Crippen LogP contribution in [0, 0.1) is 0 Å². The molecule has 3 heteroatoms. The van der Waals surface area contributed by atoms with Gasteiger partial charge in [-0.3, -0.25) is 0 Å². The summed E-state index contributed by atoms with van der Waals surface area (Å²) in [6, 6.07) is 14.8. The van der Waals surface area contributed by atoms with Crippen LogP contribution in [-0.4, -0.2) is 11.1 Å². The van der Waals surface area contributed by atoms with Gasteiger partial charge in [0.2, 0.25) is 0 Å². The van der Waals surface area contributed by atoms with Crippen LogP contribution in [0.15, 0.2) is 48.5 Å². The van der Waals surface area contributed by atoms with Gasteiger partial charge in [-0.2, -0.15) is 0 Å². The van der Waals surface area contributed by atoms with E-state index in [1.807, 2.05) is 43.3 Å². The fourth-order valence-corrected chi connectivity index (χ4v) is 1.78. The molecule has 3 nitrogen and oxygen atoms in total. The van der Waals surface area contributed by atoms with Crippen molar-refractivity contribution in [3.05, 3.63) is 59.7 Å². The Morgan fingerprint density at radius 1 is 1.00 bits per heavy atom. The van der Waals surface area contributed by atoms with E-state index in [4.69, 9.17) is 10.8 Å². The summed E-state index contributed by atoms with van der Waals surface area (Å²) in [4.78, 5) is 10.8. The van der Waals surface area contributed by atoms with Crippen molar-refractivity contribution in [3.63, 3.8) is 0 Å². The van der Waals surface area contributed by atoms with Crippen molar-refractivity contribution in [2.75, 3.05) is 0 Å². The Hall–Kier alpha value is -2.13. The first-order chi connectivity index (χ1) is 8.58. The Morgan fingerprint density at radius 3 is 1.83 bits per heavy atom. The largest absolute Gasteiger partial charge is 0.478 e. The molecule has 0 radical (unpaired) electrons. The number of aromatic carboxylic acids is 1. The van der Waals surface area contributed by atoms with E-state index in [1.54, 1.807) is 12.1 Å². The van der Waals surface area contributed by atoms with Gasteiger partial charge in [0.15, 0.2) is 0 Å². The maximum Gasteiger partial charge on any atom is 0.335 e. The highest BCUT2D eigenvalue weighted by Crippen LogP contribution is 2.21. The highest BCUT2D eigenvalue weighted by Gasteiger charge is 2.04. The molecule has 1 atom stereocenters. The third-order valence-electron chi connectivity index (χ3n) is 2.90. The van der Waals surface area contributed by atoms with Crippen molar-refractivity contribution in [2.45, 2.75) is 13.0 Å². The number of hydrogen-bond acceptors (Lipinski definition) is 2. The molecule has 0 bridgehead atoms. The summed E-state index contributed by atoms with van der Waals surface area (Å²) in [6.45, 7) is 1.94. The maximum atomic E-state index is 10.8. The van der Waals surface area contributed by atoms with E-state index in [-0.39, 0.29) is 6.04 Å². The van der Waals surface area contributed by atoms with Crippen LogP contribution in [-0.2, 0) is 0 Å². The summed E-state index contributed by atoms with van der Waals surface area (Å²) in [6.07, 6.45) is 0. The van der Waals surface area contributed by atoms with Crippen LogP contribution in [0.4, 0.5) is 0 Å². The quantitative estimate of drug-likeness (QED) is 0.868. The SMILES string of the molecule is CC(N)c1ccc(-c2ccc(C(=O)O)cc2)cc1. The molecule has 3 N–H and O–H groups in total. The van der Waals surface area contributed by atoms with Crippen LogP contribution in [0.3, 0.4) is 0 Å². The monoisotopic (exact) mass is 241 g/mol. The predicted octanol–water partition coefficient (Wildman–Crippen LogP) is 3.07. The molecule has 0 aliphatic carbocycles. The van der Waals surface area contributed by atoms with Gasteiger partial charge in [0.1, 0.15) is 0 Å². The first kappa shape index (κ1) is 12.3. The second-order valence-corrected chi connectivity index (χ2v) is 4.29. The van der Waals surface area contributed by atoms with Gasteiger partial charge < -0.3 is 10.8 Å². The average molecular weight is 241 g/mol. The van der Waals surface area contributed by atoms with Gasteiger partial charge in [-0.05, 0) is 35.7 Å². The van der Waals surface area contributed by atoms with Gasteiger partial charge in [-0.1, -0.05) is 36.4 Å². The second-order valence-electron chi connectivity index (χ2n) is 4.29. The summed E-state index contributed by atoms with van der Waals surface area (Å²) in [5.41, 5.74) is 9.22. The second kappa shape index (κ2) is 5.02. The highest BCUT2D eigenvalue weighted by atomic mass is 16.4. The number of benzene rings is 2. The zero-order valence-electron chi connectivity index (χ0n) is 10.1. The summed E-state index contributed by atoms with van der Waals surface area (Å²) >= 11 is 0. The van der Waals surface area contributed by atoms with E-state index in [1.165, 1.54) is 0 Å². The number of carbonyl (C=O) groups is 1. The average Bonchev–Trinajstić information content (AvgIpc) is 2.39. The molecular weight excluding hydrogens is 226 g/mol. The molecule has 2 aromatic rings. The molecule has 0 aliphatic heterocycles. The minimum absolute atomic E-state index is 0.0217. The Labute approximate surface area is 106 Å². The third kappa shape index (κ3) is 2.57. The topological polar surface area (TPSA) is 63.3 Å². The molecule has 0 spiro atoms. The molecule has 92 valence electrons. The number of hydrogen-bond donors (Lipinski definition) is 2. The van der Waals surface area contributed by atoms with Crippen LogP contribution in [0.2, 0.25) is 0 Å². The molecular formula is C15H15NO2. The van der Waals surface area contributed by atoms with E-state index >= 15 is 0 Å². The number of rotatable bonds is 3. The zero-order chi connectivity index (χ0) is 13.1. The van der Waals surface area contributed by atoms with Crippen LogP contribution >= 0.6 is 0 Å². The highest BCUT2D eigenvalue weighted by molar-refractivity contribution is 5.88. The molecule has 18 heavy (non-hydrogen) atoms. The predicted molar refractivity (Wildman–Crippen MR) is 71.4 cm³/mol. The Balaban J connectivity index is 2.28. The van der Waals surface area contributed by atoms with Crippen molar-refractivity contribution in [2.24, 2.45) is 5.73 Å². The Bertz CT molecular complexity index is 542. The maximum absolute atomic E-state index is 10.8. The zero-order valence-corrected chi connectivity index (χ0v) is 10.1. The molecule has 1 unspecified atom stereocenters. The summed E-state index contributed by atoms with van der Waals surface area (Å²) in [5, 5.41) is 8.83. The van der Waals surface area contributed by atoms with Crippen LogP contribution in [0.1, 0.15) is 28.9 Å². The fraction of sp³-hybridized carbons (Fsp3) is 0.133. The van der Waals surface area contributed by atoms with Gasteiger partial charge in [0.05, 0.1) is 5.56 Å². The summed E-state index contributed by atoms with van der Waals surface area (Å²) in [7, 11) is 0. The molecule has 0 heterocycles. The normalized spacial score (nSPS) is 12.1. The number of carboxylic acid groups (broad SMARTS) is 1. The van der Waals surface area contributed by atoms with Gasteiger partial charge in [0, 0.05) is 6.04 Å². The molecule has 2 aromatic carbocycles. The summed E-state index contributed by atoms with van der Waals surface area (Å²) in [5.74, 6) is -0.908. The standard InChI is InChI=1S/C15H15NO2/c1-10(16)11-2-4-12(5-3-11)13-6-8-14(9-7-13)15(17)18/h2-10H,16H2,1H3,(H,17,18). The lowest BCUT2D eigenvalue weighted by molar-refractivity contribution is 0.0697. The van der Waals surface area contributed by atoms with Crippen molar-refractivity contribution in [1.82, 2.24) is 0 Å². The molecule has 0 amide bonds. The number of nitrogens with two attached hydrogens (primary N) is 1. The third-order valence-corrected chi connectivity index (χ3v) is 2.90. The van der Waals surface area contributed by atoms with Gasteiger partial charge in [0.25, 0.3) is 0 Å². The van der Waals surface area contributed by atoms with Gasteiger partial charge in [-0.25, -0.2) is 4.79 Å². The summed E-state index contributed by atoms with van der Waals surface area (Å²) < 4.78 is 0. The van der Waals surface area contributed by atoms with Crippen molar-refractivity contribution >= 4 is 5.97 Å². The first-order valence-corrected chi connectivity index (χ1v) is 5.77. The number of carboxylic acids is 1. The van der Waals surface area contributed by atoms with Gasteiger partial charge in [-0.15, -0.1) is 0 Å².